The number of benzene rings is 1. The zero-order valence-corrected chi connectivity index (χ0v) is 12.8. The number of hydrogen-bond donors (Lipinski definition) is 1. The van der Waals surface area contributed by atoms with E-state index in [1.54, 1.807) is 0 Å². The van der Waals surface area contributed by atoms with Crippen molar-refractivity contribution in [1.29, 1.82) is 0 Å². The minimum atomic E-state index is 0.550. The van der Waals surface area contributed by atoms with E-state index in [4.69, 9.17) is 17.3 Å². The first-order valence-electron chi connectivity index (χ1n) is 7.37. The van der Waals surface area contributed by atoms with Gasteiger partial charge in [-0.25, -0.2) is 0 Å². The number of nitrogens with zero attached hydrogens (tertiary/aromatic N) is 1. The van der Waals surface area contributed by atoms with Gasteiger partial charge in [-0.2, -0.15) is 0 Å². The summed E-state index contributed by atoms with van der Waals surface area (Å²) in [6.07, 6.45) is 5.12. The van der Waals surface area contributed by atoms with Gasteiger partial charge in [0, 0.05) is 19.6 Å². The normalized spacial score (nSPS) is 18.6. The summed E-state index contributed by atoms with van der Waals surface area (Å²) in [6.45, 7) is 7.42. The minimum Gasteiger partial charge on any atom is -0.370 e. The highest BCUT2D eigenvalue weighted by atomic mass is 35.5. The van der Waals surface area contributed by atoms with Crippen LogP contribution in [0.25, 0.3) is 0 Å². The number of piperidine rings is 1. The number of halogens is 1. The fourth-order valence-electron chi connectivity index (χ4n) is 3.11. The Morgan fingerprint density at radius 1 is 1.21 bits per heavy atom. The van der Waals surface area contributed by atoms with Crippen LogP contribution in [0.1, 0.15) is 45.1 Å². The van der Waals surface area contributed by atoms with Crippen LogP contribution in [0.5, 0.6) is 0 Å². The van der Waals surface area contributed by atoms with Crippen molar-refractivity contribution in [1.82, 2.24) is 0 Å². The van der Waals surface area contributed by atoms with Gasteiger partial charge in [0.2, 0.25) is 0 Å². The molecule has 0 atom stereocenters. The van der Waals surface area contributed by atoms with Crippen molar-refractivity contribution in [3.05, 3.63) is 28.8 Å². The minimum absolute atomic E-state index is 0.550. The standard InChI is InChI=1S/C16H25ClN2/c1-3-16(4-2)7-9-19(10-8-16)15-6-5-13(12-18)11-14(15)17/h5-6,11H,3-4,7-10,12,18H2,1-2H3. The molecule has 0 bridgehead atoms. The summed E-state index contributed by atoms with van der Waals surface area (Å²) in [4.78, 5) is 2.42. The van der Waals surface area contributed by atoms with Crippen LogP contribution in [0.15, 0.2) is 18.2 Å². The van der Waals surface area contributed by atoms with Gasteiger partial charge in [-0.15, -0.1) is 0 Å². The van der Waals surface area contributed by atoms with Crippen LogP contribution in [-0.2, 0) is 6.54 Å². The van der Waals surface area contributed by atoms with E-state index in [2.05, 4.69) is 30.9 Å². The molecule has 1 aromatic carbocycles. The number of anilines is 1. The van der Waals surface area contributed by atoms with E-state index < -0.39 is 0 Å². The predicted octanol–water partition coefficient (Wildman–Crippen LogP) is 4.21. The number of hydrogen-bond acceptors (Lipinski definition) is 2. The van der Waals surface area contributed by atoms with Gasteiger partial charge in [-0.1, -0.05) is 44.4 Å². The molecule has 0 saturated carbocycles. The second-order valence-electron chi connectivity index (χ2n) is 5.68. The molecule has 106 valence electrons. The van der Waals surface area contributed by atoms with E-state index >= 15 is 0 Å². The highest BCUT2D eigenvalue weighted by molar-refractivity contribution is 6.33. The lowest BCUT2D eigenvalue weighted by molar-refractivity contribution is 0.199. The predicted molar refractivity (Wildman–Crippen MR) is 83.8 cm³/mol. The molecule has 1 fully saturated rings. The summed E-state index contributed by atoms with van der Waals surface area (Å²) >= 11 is 6.38. The van der Waals surface area contributed by atoms with Gasteiger partial charge in [0.1, 0.15) is 0 Å². The summed E-state index contributed by atoms with van der Waals surface area (Å²) in [5.41, 5.74) is 8.47. The first kappa shape index (κ1) is 14.7. The zero-order valence-electron chi connectivity index (χ0n) is 12.1. The van der Waals surface area contributed by atoms with E-state index in [1.165, 1.54) is 31.4 Å². The van der Waals surface area contributed by atoms with Crippen LogP contribution in [0, 0.1) is 5.41 Å². The Morgan fingerprint density at radius 2 is 1.84 bits per heavy atom. The number of nitrogens with two attached hydrogens (primary N) is 1. The zero-order chi connectivity index (χ0) is 13.9. The summed E-state index contributed by atoms with van der Waals surface area (Å²) < 4.78 is 0. The third kappa shape index (κ3) is 3.06. The fourth-order valence-corrected chi connectivity index (χ4v) is 3.44. The van der Waals surface area contributed by atoms with Crippen LogP contribution >= 0.6 is 11.6 Å². The van der Waals surface area contributed by atoms with Crippen molar-refractivity contribution in [2.24, 2.45) is 11.1 Å². The molecule has 1 saturated heterocycles. The number of rotatable bonds is 4. The first-order valence-corrected chi connectivity index (χ1v) is 7.75. The Balaban J connectivity index is 2.09. The molecule has 1 aliphatic heterocycles. The maximum atomic E-state index is 6.38. The molecular weight excluding hydrogens is 256 g/mol. The summed E-state index contributed by atoms with van der Waals surface area (Å²) in [6, 6.07) is 6.20. The van der Waals surface area contributed by atoms with Gasteiger partial charge in [0.25, 0.3) is 0 Å². The molecule has 0 aromatic heterocycles. The van der Waals surface area contributed by atoms with E-state index in [9.17, 15) is 0 Å². The molecule has 3 heteroatoms. The van der Waals surface area contributed by atoms with Crippen molar-refractivity contribution in [2.75, 3.05) is 18.0 Å². The Labute approximate surface area is 121 Å². The second kappa shape index (κ2) is 6.15. The van der Waals surface area contributed by atoms with E-state index in [0.29, 0.717) is 12.0 Å². The fraction of sp³-hybridized carbons (Fsp3) is 0.625. The highest BCUT2D eigenvalue weighted by Crippen LogP contribution is 2.40. The van der Waals surface area contributed by atoms with Gasteiger partial charge in [-0.3, -0.25) is 0 Å². The van der Waals surface area contributed by atoms with Crippen LogP contribution in [0.4, 0.5) is 5.69 Å². The maximum Gasteiger partial charge on any atom is 0.0642 e. The summed E-state index contributed by atoms with van der Waals surface area (Å²) in [7, 11) is 0. The van der Waals surface area contributed by atoms with Crippen LogP contribution in [0.2, 0.25) is 5.02 Å². The summed E-state index contributed by atoms with van der Waals surface area (Å²) in [5.74, 6) is 0. The van der Waals surface area contributed by atoms with Gasteiger partial charge in [-0.05, 0) is 36.0 Å². The Kier molecular flexibility index (Phi) is 4.75. The van der Waals surface area contributed by atoms with Crippen molar-refractivity contribution in [2.45, 2.75) is 46.1 Å². The summed E-state index contributed by atoms with van der Waals surface area (Å²) in [5, 5.41) is 0.837. The molecule has 2 rings (SSSR count). The van der Waals surface area contributed by atoms with Crippen molar-refractivity contribution >= 4 is 17.3 Å². The lowest BCUT2D eigenvalue weighted by atomic mass is 9.74. The van der Waals surface area contributed by atoms with E-state index in [0.717, 1.165) is 23.7 Å². The SMILES string of the molecule is CCC1(CC)CCN(c2ccc(CN)cc2Cl)CC1. The first-order chi connectivity index (χ1) is 9.14. The van der Waals surface area contributed by atoms with E-state index in [1.807, 2.05) is 6.07 Å². The molecular formula is C16H25ClN2. The molecule has 0 spiro atoms. The van der Waals surface area contributed by atoms with Crippen molar-refractivity contribution < 1.29 is 0 Å². The topological polar surface area (TPSA) is 29.3 Å². The Bertz CT molecular complexity index is 417. The average Bonchev–Trinajstić information content (AvgIpc) is 2.47. The molecule has 1 heterocycles. The molecule has 1 aliphatic rings. The lowest BCUT2D eigenvalue weighted by Gasteiger charge is -2.42. The van der Waals surface area contributed by atoms with Gasteiger partial charge in [0.05, 0.1) is 10.7 Å². The molecule has 2 N–H and O–H groups in total. The van der Waals surface area contributed by atoms with Gasteiger partial charge >= 0.3 is 0 Å². The molecule has 0 unspecified atom stereocenters. The quantitative estimate of drug-likeness (QED) is 0.895. The third-order valence-electron chi connectivity index (χ3n) is 4.91. The van der Waals surface area contributed by atoms with Crippen molar-refractivity contribution in [3.63, 3.8) is 0 Å². The monoisotopic (exact) mass is 280 g/mol. The molecule has 0 amide bonds. The largest absolute Gasteiger partial charge is 0.370 e. The molecule has 19 heavy (non-hydrogen) atoms. The van der Waals surface area contributed by atoms with Gasteiger partial charge < -0.3 is 10.6 Å². The average molecular weight is 281 g/mol. The smallest absolute Gasteiger partial charge is 0.0642 e. The third-order valence-corrected chi connectivity index (χ3v) is 5.22. The van der Waals surface area contributed by atoms with E-state index in [-0.39, 0.29) is 0 Å². The molecule has 1 aromatic rings. The molecule has 0 aliphatic carbocycles. The molecule has 2 nitrogen and oxygen atoms in total. The van der Waals surface area contributed by atoms with Crippen LogP contribution < -0.4 is 10.6 Å². The Morgan fingerprint density at radius 3 is 2.32 bits per heavy atom. The van der Waals surface area contributed by atoms with Crippen LogP contribution in [-0.4, -0.2) is 13.1 Å². The Hall–Kier alpha value is -0.730. The van der Waals surface area contributed by atoms with Crippen LogP contribution in [0.3, 0.4) is 0 Å². The van der Waals surface area contributed by atoms with Gasteiger partial charge in [0.15, 0.2) is 0 Å². The maximum absolute atomic E-state index is 6.38. The highest BCUT2D eigenvalue weighted by Gasteiger charge is 2.31. The molecule has 0 radical (unpaired) electrons. The lowest BCUT2D eigenvalue weighted by Crippen LogP contribution is -2.39. The second-order valence-corrected chi connectivity index (χ2v) is 6.09. The van der Waals surface area contributed by atoms with Crippen molar-refractivity contribution in [3.8, 4) is 0 Å².